The lowest BCUT2D eigenvalue weighted by Crippen LogP contribution is -2.52. The summed E-state index contributed by atoms with van der Waals surface area (Å²) in [6.45, 7) is 3.41. The second-order valence-corrected chi connectivity index (χ2v) is 5.25. The maximum Gasteiger partial charge on any atom is 0.329 e. The van der Waals surface area contributed by atoms with Gasteiger partial charge in [0.05, 0.1) is 5.52 Å². The maximum absolute atomic E-state index is 12.3. The van der Waals surface area contributed by atoms with Crippen LogP contribution < -0.4 is 5.32 Å². The van der Waals surface area contributed by atoms with Crippen LogP contribution in [0.25, 0.3) is 10.9 Å². The molecular weight excluding hydrogens is 268 g/mol. The van der Waals surface area contributed by atoms with Crippen molar-refractivity contribution in [1.82, 2.24) is 10.3 Å². The number of benzene rings is 1. The first-order valence-corrected chi connectivity index (χ1v) is 6.87. The predicted molar refractivity (Wildman–Crippen MR) is 80.2 cm³/mol. The Labute approximate surface area is 123 Å². The van der Waals surface area contributed by atoms with Crippen LogP contribution in [0.4, 0.5) is 0 Å². The summed E-state index contributed by atoms with van der Waals surface area (Å²) < 4.78 is 0. The lowest BCUT2D eigenvalue weighted by atomic mass is 9.95. The summed E-state index contributed by atoms with van der Waals surface area (Å²) in [5.74, 6) is -1.42. The lowest BCUT2D eigenvalue weighted by molar-refractivity contribution is -0.144. The number of hydrogen-bond donors (Lipinski definition) is 2. The molecule has 0 radical (unpaired) electrons. The van der Waals surface area contributed by atoms with Crippen LogP contribution in [0, 0.1) is 0 Å². The second kappa shape index (κ2) is 5.91. The molecule has 0 aliphatic heterocycles. The molecule has 0 saturated heterocycles. The second-order valence-electron chi connectivity index (χ2n) is 5.25. The largest absolute Gasteiger partial charge is 0.480 e. The first kappa shape index (κ1) is 15.0. The molecule has 0 bridgehead atoms. The van der Waals surface area contributed by atoms with Crippen molar-refractivity contribution in [3.63, 3.8) is 0 Å². The van der Waals surface area contributed by atoms with E-state index in [1.54, 1.807) is 30.5 Å². The summed E-state index contributed by atoms with van der Waals surface area (Å²) in [7, 11) is 0. The zero-order valence-electron chi connectivity index (χ0n) is 12.1. The van der Waals surface area contributed by atoms with Gasteiger partial charge in [0.1, 0.15) is 5.54 Å². The lowest BCUT2D eigenvalue weighted by Gasteiger charge is -2.25. The van der Waals surface area contributed by atoms with Crippen molar-refractivity contribution in [1.29, 1.82) is 0 Å². The third-order valence-electron chi connectivity index (χ3n) is 3.48. The minimum absolute atomic E-state index is 0.378. The van der Waals surface area contributed by atoms with Gasteiger partial charge in [0.2, 0.25) is 0 Å². The number of carbonyl (C=O) groups is 2. The summed E-state index contributed by atoms with van der Waals surface area (Å²) in [6, 6.07) is 8.77. The molecule has 0 saturated carbocycles. The number of amides is 1. The normalized spacial score (nSPS) is 13.6. The predicted octanol–water partition coefficient (Wildman–Crippen LogP) is 2.61. The number of hydrogen-bond acceptors (Lipinski definition) is 3. The van der Waals surface area contributed by atoms with Crippen LogP contribution in [-0.4, -0.2) is 27.5 Å². The maximum atomic E-state index is 12.3. The number of rotatable bonds is 5. The van der Waals surface area contributed by atoms with Crippen molar-refractivity contribution < 1.29 is 14.7 Å². The van der Waals surface area contributed by atoms with E-state index in [0.717, 1.165) is 10.9 Å². The number of pyridine rings is 1. The van der Waals surface area contributed by atoms with Crippen molar-refractivity contribution in [3.05, 3.63) is 42.1 Å². The molecule has 0 spiro atoms. The number of carboxylic acids is 1. The number of carbonyl (C=O) groups excluding carboxylic acids is 1. The van der Waals surface area contributed by atoms with Gasteiger partial charge in [-0.1, -0.05) is 19.4 Å². The van der Waals surface area contributed by atoms with Gasteiger partial charge in [-0.05, 0) is 37.6 Å². The Balaban J connectivity index is 2.27. The highest BCUT2D eigenvalue weighted by Crippen LogP contribution is 2.17. The van der Waals surface area contributed by atoms with Gasteiger partial charge in [0, 0.05) is 17.1 Å². The first-order valence-electron chi connectivity index (χ1n) is 6.87. The highest BCUT2D eigenvalue weighted by molar-refractivity contribution is 6.00. The summed E-state index contributed by atoms with van der Waals surface area (Å²) in [5, 5.41) is 12.8. The van der Waals surface area contributed by atoms with E-state index in [-0.39, 0.29) is 5.91 Å². The van der Waals surface area contributed by atoms with Crippen LogP contribution >= 0.6 is 0 Å². The van der Waals surface area contributed by atoms with E-state index < -0.39 is 11.5 Å². The van der Waals surface area contributed by atoms with Gasteiger partial charge in [-0.25, -0.2) is 4.79 Å². The number of aromatic nitrogens is 1. The van der Waals surface area contributed by atoms with Gasteiger partial charge in [0.15, 0.2) is 0 Å². The van der Waals surface area contributed by atoms with E-state index in [1.807, 2.05) is 13.0 Å². The third kappa shape index (κ3) is 3.18. The minimum atomic E-state index is -1.25. The molecule has 5 heteroatoms. The van der Waals surface area contributed by atoms with Crippen molar-refractivity contribution in [2.75, 3.05) is 0 Å². The number of nitrogens with one attached hydrogen (secondary N) is 1. The summed E-state index contributed by atoms with van der Waals surface area (Å²) in [5.41, 5.74) is -0.0295. The molecule has 0 fully saturated rings. The van der Waals surface area contributed by atoms with Crippen molar-refractivity contribution in [2.24, 2.45) is 0 Å². The Morgan fingerprint density at radius 1 is 1.33 bits per heavy atom. The molecule has 2 aromatic rings. The van der Waals surface area contributed by atoms with Gasteiger partial charge in [-0.3, -0.25) is 9.78 Å². The van der Waals surface area contributed by atoms with Crippen LogP contribution in [-0.2, 0) is 4.79 Å². The Hall–Kier alpha value is -2.43. The smallest absolute Gasteiger partial charge is 0.329 e. The molecule has 2 rings (SSSR count). The quantitative estimate of drug-likeness (QED) is 0.885. The molecule has 5 nitrogen and oxygen atoms in total. The minimum Gasteiger partial charge on any atom is -0.480 e. The molecule has 1 aromatic heterocycles. The van der Waals surface area contributed by atoms with Crippen molar-refractivity contribution in [2.45, 2.75) is 32.2 Å². The fourth-order valence-corrected chi connectivity index (χ4v) is 2.26. The monoisotopic (exact) mass is 286 g/mol. The highest BCUT2D eigenvalue weighted by atomic mass is 16.4. The Morgan fingerprint density at radius 2 is 2.10 bits per heavy atom. The van der Waals surface area contributed by atoms with Gasteiger partial charge in [0.25, 0.3) is 5.91 Å². The van der Waals surface area contributed by atoms with Crippen LogP contribution in [0.3, 0.4) is 0 Å². The molecule has 1 aromatic carbocycles. The van der Waals surface area contributed by atoms with Crippen LogP contribution in [0.2, 0.25) is 0 Å². The zero-order valence-corrected chi connectivity index (χ0v) is 12.1. The van der Waals surface area contributed by atoms with Crippen LogP contribution in [0.1, 0.15) is 37.0 Å². The molecule has 1 heterocycles. The van der Waals surface area contributed by atoms with Crippen LogP contribution in [0.15, 0.2) is 36.5 Å². The van der Waals surface area contributed by atoms with Gasteiger partial charge in [-0.15, -0.1) is 0 Å². The number of carboxylic acid groups (broad SMARTS) is 1. The average molecular weight is 286 g/mol. The van der Waals surface area contributed by atoms with E-state index in [2.05, 4.69) is 10.3 Å². The third-order valence-corrected chi connectivity index (χ3v) is 3.48. The van der Waals surface area contributed by atoms with E-state index in [0.29, 0.717) is 18.4 Å². The fraction of sp³-hybridized carbons (Fsp3) is 0.312. The molecule has 0 aliphatic rings. The summed E-state index contributed by atoms with van der Waals surface area (Å²) in [4.78, 5) is 27.8. The highest BCUT2D eigenvalue weighted by Gasteiger charge is 2.34. The van der Waals surface area contributed by atoms with Gasteiger partial charge in [-0.2, -0.15) is 0 Å². The SMILES string of the molecule is CCCC(C)(NC(=O)c1ccc2ncccc2c1)C(=O)O. The molecular formula is C16H18N2O3. The average Bonchev–Trinajstić information content (AvgIpc) is 2.46. The zero-order chi connectivity index (χ0) is 15.5. The van der Waals surface area contributed by atoms with E-state index in [1.165, 1.54) is 6.92 Å². The van der Waals surface area contributed by atoms with E-state index in [4.69, 9.17) is 0 Å². The first-order chi connectivity index (χ1) is 9.96. The topological polar surface area (TPSA) is 79.3 Å². The number of nitrogens with zero attached hydrogens (tertiary/aromatic N) is 1. The summed E-state index contributed by atoms with van der Waals surface area (Å²) >= 11 is 0. The van der Waals surface area contributed by atoms with E-state index in [9.17, 15) is 14.7 Å². The number of fused-ring (bicyclic) bond motifs is 1. The Morgan fingerprint density at radius 3 is 2.76 bits per heavy atom. The van der Waals surface area contributed by atoms with Crippen molar-refractivity contribution >= 4 is 22.8 Å². The molecule has 110 valence electrons. The molecule has 1 atom stereocenters. The standard InChI is InChI=1S/C16H18N2O3/c1-3-8-16(2,15(20)21)18-14(19)12-6-7-13-11(10-12)5-4-9-17-13/h4-7,9-10H,3,8H2,1-2H3,(H,18,19)(H,20,21). The molecule has 1 unspecified atom stereocenters. The molecule has 1 amide bonds. The number of aliphatic carboxylic acids is 1. The molecule has 2 N–H and O–H groups in total. The van der Waals surface area contributed by atoms with Gasteiger partial charge < -0.3 is 10.4 Å². The molecule has 0 aliphatic carbocycles. The van der Waals surface area contributed by atoms with Crippen LogP contribution in [0.5, 0.6) is 0 Å². The Bertz CT molecular complexity index is 684. The van der Waals surface area contributed by atoms with Gasteiger partial charge >= 0.3 is 5.97 Å². The Kier molecular flexibility index (Phi) is 4.21. The summed E-state index contributed by atoms with van der Waals surface area (Å²) in [6.07, 6.45) is 2.73. The molecule has 21 heavy (non-hydrogen) atoms. The van der Waals surface area contributed by atoms with Crippen molar-refractivity contribution in [3.8, 4) is 0 Å². The fourth-order valence-electron chi connectivity index (χ4n) is 2.26. The van der Waals surface area contributed by atoms with E-state index >= 15 is 0 Å².